The van der Waals surface area contributed by atoms with Crippen molar-refractivity contribution < 1.29 is 63.1 Å². The highest BCUT2D eigenvalue weighted by Crippen LogP contribution is 2.05. The highest BCUT2D eigenvalue weighted by Gasteiger charge is 2.19. The van der Waals surface area contributed by atoms with Gasteiger partial charge in [0.05, 0.1) is 102 Å². The smallest absolute Gasteiger partial charge is 0.0900 e. The normalized spacial score (nSPS) is 16.9. The molecule has 0 aromatic rings. The summed E-state index contributed by atoms with van der Waals surface area (Å²) in [5.41, 5.74) is 0. The summed E-state index contributed by atoms with van der Waals surface area (Å²) in [5, 5.41) is 42.0. The zero-order chi connectivity index (χ0) is 40.6. The molecule has 0 amide bonds. The molecule has 8 unspecified atom stereocenters. The lowest BCUT2D eigenvalue weighted by atomic mass is 10.2. The molecule has 16 nitrogen and oxygen atoms in total. The van der Waals surface area contributed by atoms with E-state index in [0.29, 0.717) is 79.0 Å². The highest BCUT2D eigenvalue weighted by molar-refractivity contribution is 4.70. The van der Waals surface area contributed by atoms with Gasteiger partial charge in [0, 0.05) is 87.0 Å². The third-order valence-electron chi connectivity index (χ3n) is 8.28. The lowest BCUT2D eigenvalue weighted by molar-refractivity contribution is -0.0855. The molecular weight excluding hydrogens is 706 g/mol. The topological polar surface area (TPSA) is 174 Å². The minimum Gasteiger partial charge on any atom is -0.389 e. The largest absolute Gasteiger partial charge is 0.389 e. The summed E-state index contributed by atoms with van der Waals surface area (Å²) in [7, 11) is 8.93. The van der Waals surface area contributed by atoms with Crippen molar-refractivity contribution in [3.63, 3.8) is 0 Å². The molecular formula is C38H81N3O13. The Balaban J connectivity index is 4.33. The van der Waals surface area contributed by atoms with Crippen LogP contribution in [0.3, 0.4) is 0 Å². The molecule has 0 bridgehead atoms. The molecule has 54 heavy (non-hydrogen) atoms. The van der Waals surface area contributed by atoms with E-state index in [1.54, 1.807) is 21.3 Å². The van der Waals surface area contributed by atoms with Crippen molar-refractivity contribution in [2.24, 2.45) is 0 Å². The minimum absolute atomic E-state index is 0.120. The summed E-state index contributed by atoms with van der Waals surface area (Å²) < 4.78 is 50.0. The second-order valence-electron chi connectivity index (χ2n) is 14.6. The van der Waals surface area contributed by atoms with Crippen LogP contribution in [0.1, 0.15) is 47.0 Å². The van der Waals surface area contributed by atoms with Gasteiger partial charge in [-0.2, -0.15) is 0 Å². The monoisotopic (exact) mass is 788 g/mol. The molecule has 0 spiro atoms. The fraction of sp³-hybridized carbons (Fsp3) is 1.00. The summed E-state index contributed by atoms with van der Waals surface area (Å²) in [5.74, 6) is 0. The second kappa shape index (κ2) is 35.5. The summed E-state index contributed by atoms with van der Waals surface area (Å²) in [4.78, 5) is 6.09. The predicted molar refractivity (Wildman–Crippen MR) is 208 cm³/mol. The van der Waals surface area contributed by atoms with Gasteiger partial charge in [0.15, 0.2) is 0 Å². The fourth-order valence-corrected chi connectivity index (χ4v) is 5.44. The third-order valence-corrected chi connectivity index (χ3v) is 8.28. The number of aliphatic hydroxyl groups is 4. The molecule has 16 heteroatoms. The van der Waals surface area contributed by atoms with Gasteiger partial charge in [0.25, 0.3) is 0 Å². The van der Waals surface area contributed by atoms with E-state index in [0.717, 1.165) is 32.4 Å². The molecule has 8 atom stereocenters. The van der Waals surface area contributed by atoms with Crippen molar-refractivity contribution >= 4 is 0 Å². The van der Waals surface area contributed by atoms with Crippen LogP contribution in [0.2, 0.25) is 0 Å². The summed E-state index contributed by atoms with van der Waals surface area (Å²) in [6.07, 6.45) is -0.959. The Kier molecular flexibility index (Phi) is 35.1. The van der Waals surface area contributed by atoms with Crippen molar-refractivity contribution in [2.75, 3.05) is 154 Å². The average Bonchev–Trinajstić information content (AvgIpc) is 3.11. The van der Waals surface area contributed by atoms with Gasteiger partial charge in [0.2, 0.25) is 0 Å². The number of nitrogens with zero attached hydrogens (tertiary/aromatic N) is 3. The predicted octanol–water partition coefficient (Wildman–Crippen LogP) is 0.359. The van der Waals surface area contributed by atoms with E-state index < -0.39 is 24.4 Å². The van der Waals surface area contributed by atoms with E-state index in [9.17, 15) is 20.4 Å². The number of rotatable bonds is 40. The standard InChI is InChI=1S/C38H81N3O13/c1-31(23-49-27-35(42)19-39(5)13-10-16-46-7)52-26-34(4)54-30-38(45)22-41(15-12-18-48-9)21-37(44)28-50-24-32(2)51-25-33(3)53-29-36(43)20-40(6)14-11-17-47-8/h31-38,42-45H,10-30H2,1-9H3. The Morgan fingerprint density at radius 2 is 0.722 bits per heavy atom. The number of methoxy groups -OCH3 is 3. The van der Waals surface area contributed by atoms with E-state index in [2.05, 4.69) is 9.80 Å². The van der Waals surface area contributed by atoms with Gasteiger partial charge < -0.3 is 72.9 Å². The highest BCUT2D eigenvalue weighted by atomic mass is 16.6. The van der Waals surface area contributed by atoms with Crippen LogP contribution >= 0.6 is 0 Å². The van der Waals surface area contributed by atoms with Crippen LogP contribution in [-0.2, 0) is 42.6 Å². The molecule has 0 aliphatic heterocycles. The van der Waals surface area contributed by atoms with Crippen molar-refractivity contribution in [1.29, 1.82) is 0 Å². The van der Waals surface area contributed by atoms with Gasteiger partial charge in [-0.05, 0) is 61.1 Å². The first-order chi connectivity index (χ1) is 25.8. The van der Waals surface area contributed by atoms with Gasteiger partial charge in [0.1, 0.15) is 0 Å². The molecule has 4 N–H and O–H groups in total. The van der Waals surface area contributed by atoms with Crippen LogP contribution in [0.15, 0.2) is 0 Å². The maximum Gasteiger partial charge on any atom is 0.0900 e. The molecule has 0 saturated carbocycles. The lowest BCUT2D eigenvalue weighted by Crippen LogP contribution is -2.42. The van der Waals surface area contributed by atoms with E-state index in [1.807, 2.05) is 46.7 Å². The van der Waals surface area contributed by atoms with Crippen LogP contribution in [0, 0.1) is 0 Å². The summed E-state index contributed by atoms with van der Waals surface area (Å²) >= 11 is 0. The first-order valence-electron chi connectivity index (χ1n) is 19.7. The van der Waals surface area contributed by atoms with Gasteiger partial charge in [-0.15, -0.1) is 0 Å². The number of hydrogen-bond acceptors (Lipinski definition) is 16. The quantitative estimate of drug-likeness (QED) is 0.0627. The number of ether oxygens (including phenoxy) is 9. The Bertz CT molecular complexity index is 812. The van der Waals surface area contributed by atoms with Crippen molar-refractivity contribution in [3.05, 3.63) is 0 Å². The molecule has 0 aliphatic carbocycles. The molecule has 0 rings (SSSR count). The van der Waals surface area contributed by atoms with E-state index >= 15 is 0 Å². The SMILES string of the molecule is COCCCN(C)CC(O)COCC(C)OCC(C)OCC(O)CN(CCCOC)CC(O)COCC(C)OCC(C)OCC(O)CN(C)CCCOC. The molecule has 0 radical (unpaired) electrons. The minimum atomic E-state index is -0.765. The molecule has 0 aromatic carbocycles. The summed E-state index contributed by atoms with van der Waals surface area (Å²) in [6.45, 7) is 15.6. The zero-order valence-corrected chi connectivity index (χ0v) is 35.3. The fourth-order valence-electron chi connectivity index (χ4n) is 5.44. The van der Waals surface area contributed by atoms with Crippen LogP contribution in [0.4, 0.5) is 0 Å². The van der Waals surface area contributed by atoms with Crippen molar-refractivity contribution in [2.45, 2.75) is 95.8 Å². The number of likely N-dealkylation sites (N-methyl/N-ethyl adjacent to an activating group) is 2. The van der Waals surface area contributed by atoms with Gasteiger partial charge in [-0.3, -0.25) is 4.90 Å². The Morgan fingerprint density at radius 1 is 0.407 bits per heavy atom. The van der Waals surface area contributed by atoms with Crippen LogP contribution < -0.4 is 0 Å². The van der Waals surface area contributed by atoms with Gasteiger partial charge >= 0.3 is 0 Å². The third kappa shape index (κ3) is 33.5. The van der Waals surface area contributed by atoms with Crippen LogP contribution in [0.5, 0.6) is 0 Å². The Labute approximate surface area is 327 Å². The Morgan fingerprint density at radius 3 is 1.13 bits per heavy atom. The maximum atomic E-state index is 10.8. The van der Waals surface area contributed by atoms with E-state index in [1.165, 1.54) is 0 Å². The second-order valence-corrected chi connectivity index (χ2v) is 14.6. The maximum absolute atomic E-state index is 10.8. The van der Waals surface area contributed by atoms with E-state index in [-0.39, 0.29) is 50.8 Å². The number of aliphatic hydroxyl groups excluding tert-OH is 4. The molecule has 0 saturated heterocycles. The first-order valence-corrected chi connectivity index (χ1v) is 19.7. The first kappa shape index (κ1) is 53.4. The zero-order valence-electron chi connectivity index (χ0n) is 35.3. The molecule has 0 aliphatic rings. The lowest BCUT2D eigenvalue weighted by Gasteiger charge is -2.28. The molecule has 326 valence electrons. The van der Waals surface area contributed by atoms with Crippen molar-refractivity contribution in [1.82, 2.24) is 14.7 Å². The van der Waals surface area contributed by atoms with Gasteiger partial charge in [-0.25, -0.2) is 0 Å². The average molecular weight is 788 g/mol. The Hall–Kier alpha value is -0.640. The van der Waals surface area contributed by atoms with Crippen LogP contribution in [0.25, 0.3) is 0 Å². The molecule has 0 aromatic heterocycles. The summed E-state index contributed by atoms with van der Waals surface area (Å²) in [6, 6.07) is 0. The van der Waals surface area contributed by atoms with Crippen LogP contribution in [-0.4, -0.2) is 238 Å². The molecule has 0 fully saturated rings. The number of hydrogen-bond donors (Lipinski definition) is 4. The molecule has 0 heterocycles. The van der Waals surface area contributed by atoms with E-state index in [4.69, 9.17) is 42.6 Å². The van der Waals surface area contributed by atoms with Gasteiger partial charge in [-0.1, -0.05) is 0 Å². The van der Waals surface area contributed by atoms with Crippen molar-refractivity contribution in [3.8, 4) is 0 Å².